The van der Waals surface area contributed by atoms with Crippen LogP contribution in [-0.4, -0.2) is 17.6 Å². The highest BCUT2D eigenvalue weighted by Gasteiger charge is 2.36. The molecule has 13 heavy (non-hydrogen) atoms. The minimum absolute atomic E-state index is 0.137. The zero-order valence-electron chi connectivity index (χ0n) is 8.25. The van der Waals surface area contributed by atoms with Crippen LogP contribution in [0.1, 0.15) is 39.0 Å². The fourth-order valence-electron chi connectivity index (χ4n) is 2.38. The van der Waals surface area contributed by atoms with Crippen LogP contribution < -0.4 is 5.73 Å². The molecule has 0 unspecified atom stereocenters. The molecular weight excluding hydrogens is 166 g/mol. The predicted octanol–water partition coefficient (Wildman–Crippen LogP) is 1.62. The number of nitrogens with two attached hydrogens (primary N) is 1. The summed E-state index contributed by atoms with van der Waals surface area (Å²) in [5.74, 6) is 0.0183. The van der Waals surface area contributed by atoms with Crippen LogP contribution in [0.25, 0.3) is 0 Å². The van der Waals surface area contributed by atoms with Gasteiger partial charge in [0.25, 0.3) is 0 Å². The molecule has 0 bridgehead atoms. The van der Waals surface area contributed by atoms with Gasteiger partial charge in [0.1, 0.15) is 0 Å². The van der Waals surface area contributed by atoms with Crippen LogP contribution in [-0.2, 0) is 4.79 Å². The molecule has 2 atom stereocenters. The summed E-state index contributed by atoms with van der Waals surface area (Å²) in [6.07, 6.45) is 4.44. The molecule has 0 amide bonds. The van der Waals surface area contributed by atoms with Crippen molar-refractivity contribution in [1.82, 2.24) is 0 Å². The first kappa shape index (κ1) is 10.5. The molecule has 76 valence electrons. The van der Waals surface area contributed by atoms with E-state index < -0.39 is 5.97 Å². The number of aliphatic carboxylic acids is 1. The minimum Gasteiger partial charge on any atom is -0.481 e. The molecule has 0 aromatic rings. The van der Waals surface area contributed by atoms with Gasteiger partial charge in [-0.15, -0.1) is 0 Å². The van der Waals surface area contributed by atoms with Crippen LogP contribution >= 0.6 is 0 Å². The fraction of sp³-hybridized carbons (Fsp3) is 0.900. The summed E-state index contributed by atoms with van der Waals surface area (Å²) in [6, 6.07) is 0. The van der Waals surface area contributed by atoms with Gasteiger partial charge < -0.3 is 10.8 Å². The predicted molar refractivity (Wildman–Crippen MR) is 51.4 cm³/mol. The molecule has 0 spiro atoms. The normalized spacial score (nSPS) is 33.5. The van der Waals surface area contributed by atoms with E-state index in [0.717, 1.165) is 25.2 Å². The largest absolute Gasteiger partial charge is 0.481 e. The highest BCUT2D eigenvalue weighted by Crippen LogP contribution is 2.44. The molecular formula is C10H19NO2. The van der Waals surface area contributed by atoms with E-state index in [1.807, 2.05) is 0 Å². The van der Waals surface area contributed by atoms with Crippen LogP contribution in [0.5, 0.6) is 0 Å². The van der Waals surface area contributed by atoms with Crippen LogP contribution in [0.2, 0.25) is 0 Å². The van der Waals surface area contributed by atoms with E-state index in [-0.39, 0.29) is 11.8 Å². The summed E-state index contributed by atoms with van der Waals surface area (Å²) in [7, 11) is 0. The highest BCUT2D eigenvalue weighted by molar-refractivity contribution is 5.66. The molecule has 0 aliphatic heterocycles. The molecule has 3 N–H and O–H groups in total. The molecule has 1 aliphatic rings. The molecule has 0 aromatic heterocycles. The first-order chi connectivity index (χ1) is 6.08. The Morgan fingerprint density at radius 1 is 1.69 bits per heavy atom. The summed E-state index contributed by atoms with van der Waals surface area (Å²) in [5.41, 5.74) is 5.86. The van der Waals surface area contributed by atoms with E-state index in [9.17, 15) is 4.79 Å². The third kappa shape index (κ3) is 2.69. The first-order valence-corrected chi connectivity index (χ1v) is 5.00. The highest BCUT2D eigenvalue weighted by atomic mass is 16.4. The number of carboxylic acids is 1. The number of hydrogen-bond acceptors (Lipinski definition) is 2. The van der Waals surface area contributed by atoms with Crippen molar-refractivity contribution in [1.29, 1.82) is 0 Å². The lowest BCUT2D eigenvalue weighted by Gasteiger charge is -2.26. The average molecular weight is 185 g/mol. The Morgan fingerprint density at radius 3 is 2.77 bits per heavy atom. The second-order valence-corrected chi connectivity index (χ2v) is 4.45. The molecule has 1 fully saturated rings. The van der Waals surface area contributed by atoms with E-state index in [2.05, 4.69) is 6.92 Å². The van der Waals surface area contributed by atoms with Crippen LogP contribution in [0.15, 0.2) is 0 Å². The third-order valence-corrected chi connectivity index (χ3v) is 3.25. The lowest BCUT2D eigenvalue weighted by molar-refractivity contribution is -0.137. The molecule has 0 aromatic carbocycles. The average Bonchev–Trinajstić information content (AvgIpc) is 2.45. The van der Waals surface area contributed by atoms with Crippen molar-refractivity contribution in [2.24, 2.45) is 17.1 Å². The number of hydrogen-bond donors (Lipinski definition) is 2. The number of carbonyl (C=O) groups is 1. The van der Waals surface area contributed by atoms with Gasteiger partial charge >= 0.3 is 5.97 Å². The summed E-state index contributed by atoms with van der Waals surface area (Å²) in [5, 5.41) is 8.61. The van der Waals surface area contributed by atoms with Crippen molar-refractivity contribution in [2.45, 2.75) is 39.0 Å². The lowest BCUT2D eigenvalue weighted by Crippen LogP contribution is -2.28. The summed E-state index contributed by atoms with van der Waals surface area (Å²) in [6.45, 7) is 2.86. The fourth-order valence-corrected chi connectivity index (χ4v) is 2.38. The smallest absolute Gasteiger partial charge is 0.303 e. The van der Waals surface area contributed by atoms with Gasteiger partial charge in [0.2, 0.25) is 0 Å². The van der Waals surface area contributed by atoms with E-state index in [4.69, 9.17) is 10.8 Å². The number of rotatable bonds is 4. The van der Waals surface area contributed by atoms with E-state index in [1.54, 1.807) is 0 Å². The molecule has 1 saturated carbocycles. The molecule has 3 nitrogen and oxygen atoms in total. The SMILES string of the molecule is C[C@@H]1CC[C@](CN)(CCC(=O)O)C1. The minimum atomic E-state index is -0.702. The topological polar surface area (TPSA) is 63.3 Å². The summed E-state index contributed by atoms with van der Waals surface area (Å²) >= 11 is 0. The molecule has 0 radical (unpaired) electrons. The Kier molecular flexibility index (Phi) is 3.31. The maximum atomic E-state index is 10.5. The molecule has 1 aliphatic carbocycles. The van der Waals surface area contributed by atoms with Crippen molar-refractivity contribution in [2.75, 3.05) is 6.54 Å². The summed E-state index contributed by atoms with van der Waals surface area (Å²) < 4.78 is 0. The van der Waals surface area contributed by atoms with Gasteiger partial charge in [0, 0.05) is 6.42 Å². The van der Waals surface area contributed by atoms with Crippen LogP contribution in [0, 0.1) is 11.3 Å². The molecule has 1 rings (SSSR count). The van der Waals surface area contributed by atoms with Crippen molar-refractivity contribution in [3.05, 3.63) is 0 Å². The number of carboxylic acid groups (broad SMARTS) is 1. The monoisotopic (exact) mass is 185 g/mol. The standard InChI is InChI=1S/C10H19NO2/c1-8-2-4-10(6-8,7-11)5-3-9(12)13/h8H,2-7,11H2,1H3,(H,12,13)/t8-,10+/m1/s1. The van der Waals surface area contributed by atoms with Gasteiger partial charge in [-0.25, -0.2) is 0 Å². The van der Waals surface area contributed by atoms with Gasteiger partial charge in [-0.2, -0.15) is 0 Å². The van der Waals surface area contributed by atoms with Gasteiger partial charge in [-0.05, 0) is 37.1 Å². The second-order valence-electron chi connectivity index (χ2n) is 4.45. The Hall–Kier alpha value is -0.570. The van der Waals surface area contributed by atoms with E-state index >= 15 is 0 Å². The second kappa shape index (κ2) is 4.09. The third-order valence-electron chi connectivity index (χ3n) is 3.25. The molecule has 0 saturated heterocycles. The van der Waals surface area contributed by atoms with Crippen molar-refractivity contribution < 1.29 is 9.90 Å². The maximum Gasteiger partial charge on any atom is 0.303 e. The van der Waals surface area contributed by atoms with Crippen LogP contribution in [0.4, 0.5) is 0 Å². The van der Waals surface area contributed by atoms with Crippen molar-refractivity contribution >= 4 is 5.97 Å². The van der Waals surface area contributed by atoms with Gasteiger partial charge in [-0.3, -0.25) is 4.79 Å². The Balaban J connectivity index is 2.46. The maximum absolute atomic E-state index is 10.5. The van der Waals surface area contributed by atoms with E-state index in [1.165, 1.54) is 6.42 Å². The molecule has 3 heteroatoms. The Bertz CT molecular complexity index is 193. The first-order valence-electron chi connectivity index (χ1n) is 5.00. The lowest BCUT2D eigenvalue weighted by atomic mass is 9.81. The van der Waals surface area contributed by atoms with Crippen LogP contribution in [0.3, 0.4) is 0 Å². The van der Waals surface area contributed by atoms with Crippen molar-refractivity contribution in [3.63, 3.8) is 0 Å². The Morgan fingerprint density at radius 2 is 2.38 bits per heavy atom. The summed E-state index contributed by atoms with van der Waals surface area (Å²) in [4.78, 5) is 10.5. The van der Waals surface area contributed by atoms with Gasteiger partial charge in [0.15, 0.2) is 0 Å². The van der Waals surface area contributed by atoms with E-state index in [0.29, 0.717) is 6.54 Å². The Labute approximate surface area is 79.3 Å². The quantitative estimate of drug-likeness (QED) is 0.699. The zero-order chi connectivity index (χ0) is 9.90. The van der Waals surface area contributed by atoms with Gasteiger partial charge in [0.05, 0.1) is 0 Å². The van der Waals surface area contributed by atoms with Crippen molar-refractivity contribution in [3.8, 4) is 0 Å². The molecule has 0 heterocycles. The van der Waals surface area contributed by atoms with Gasteiger partial charge in [-0.1, -0.05) is 13.3 Å². The zero-order valence-corrected chi connectivity index (χ0v) is 8.25.